The summed E-state index contributed by atoms with van der Waals surface area (Å²) in [6.07, 6.45) is 6.32. The van der Waals surface area contributed by atoms with E-state index >= 15 is 0 Å². The maximum absolute atomic E-state index is 14.8. The van der Waals surface area contributed by atoms with E-state index < -0.39 is 11.7 Å². The minimum Gasteiger partial charge on any atom is -0.491 e. The van der Waals surface area contributed by atoms with Crippen molar-refractivity contribution < 1.29 is 13.9 Å². The third-order valence-corrected chi connectivity index (χ3v) is 5.78. The van der Waals surface area contributed by atoms with Gasteiger partial charge in [0.05, 0.1) is 12.2 Å². The molecule has 0 bridgehead atoms. The van der Waals surface area contributed by atoms with E-state index in [0.717, 1.165) is 49.1 Å². The average molecular weight is 453 g/mol. The van der Waals surface area contributed by atoms with Gasteiger partial charge in [-0.2, -0.15) is 0 Å². The highest BCUT2D eigenvalue weighted by Gasteiger charge is 2.24. The maximum atomic E-state index is 14.8. The lowest BCUT2D eigenvalue weighted by atomic mass is 9.91. The molecule has 0 radical (unpaired) electrons. The van der Waals surface area contributed by atoms with Gasteiger partial charge < -0.3 is 26.8 Å². The van der Waals surface area contributed by atoms with Crippen molar-refractivity contribution in [1.29, 1.82) is 0 Å². The van der Waals surface area contributed by atoms with E-state index in [-0.39, 0.29) is 29.3 Å². The van der Waals surface area contributed by atoms with Gasteiger partial charge in [0.2, 0.25) is 0 Å². The van der Waals surface area contributed by atoms with E-state index in [9.17, 15) is 9.18 Å². The van der Waals surface area contributed by atoms with Gasteiger partial charge in [-0.05, 0) is 37.5 Å². The lowest BCUT2D eigenvalue weighted by Gasteiger charge is -2.30. The maximum Gasteiger partial charge on any atom is 0.252 e. The highest BCUT2D eigenvalue weighted by Crippen LogP contribution is 2.32. The number of fused-ring (bicyclic) bond motifs is 1. The molecule has 1 aliphatic carbocycles. The van der Waals surface area contributed by atoms with Crippen LogP contribution in [0.4, 0.5) is 21.7 Å². The number of nitrogens with zero attached hydrogens (tertiary/aromatic N) is 2. The summed E-state index contributed by atoms with van der Waals surface area (Å²) >= 11 is 0. The molecule has 0 aliphatic heterocycles. The minimum absolute atomic E-state index is 0.0368. The fraction of sp³-hybridized carbons (Fsp3) is 0.375. The van der Waals surface area contributed by atoms with Crippen molar-refractivity contribution in [2.45, 2.75) is 51.1 Å². The van der Waals surface area contributed by atoms with Crippen LogP contribution in [-0.4, -0.2) is 34.6 Å². The minimum atomic E-state index is -0.783. The summed E-state index contributed by atoms with van der Waals surface area (Å²) in [4.78, 5) is 20.8. The second-order valence-electron chi connectivity index (χ2n) is 8.30. The number of nitrogens with one attached hydrogen (secondary N) is 2. The van der Waals surface area contributed by atoms with E-state index in [0.29, 0.717) is 18.0 Å². The van der Waals surface area contributed by atoms with Crippen molar-refractivity contribution in [2.24, 2.45) is 11.5 Å². The zero-order chi connectivity index (χ0) is 23.4. The first-order chi connectivity index (χ1) is 16.0. The molecular formula is C24H29FN6O2. The molecule has 1 amide bonds. The van der Waals surface area contributed by atoms with Crippen molar-refractivity contribution in [3.05, 3.63) is 47.9 Å². The number of hydrogen-bond donors (Lipinski definition) is 4. The Kier molecular flexibility index (Phi) is 6.88. The number of halogens is 1. The number of hydrogen-bond acceptors (Lipinski definition) is 7. The Hall–Kier alpha value is -3.46. The Morgan fingerprint density at radius 2 is 2.06 bits per heavy atom. The van der Waals surface area contributed by atoms with Crippen LogP contribution in [0.1, 0.15) is 49.4 Å². The molecule has 2 aromatic heterocycles. The fourth-order valence-electron chi connectivity index (χ4n) is 4.08. The number of rotatable bonds is 8. The Morgan fingerprint density at radius 1 is 1.24 bits per heavy atom. The third kappa shape index (κ3) is 5.14. The molecule has 1 aromatic carbocycles. The first-order valence-corrected chi connectivity index (χ1v) is 11.3. The standard InChI is InChI=1S/C24H29FN6O2/c1-2-10-33-20-12-15(11-14-6-5-9-28-21(14)20)29-23-16(22(27)32)13-17(25)24(31-23)30-19-8-4-3-7-18(19)26/h5-6,9,11-13,18-19H,2-4,7-8,10,26H2,1H3,(H2,27,32)(H2,29,30,31)/t18-,19+/m0/s1. The number of pyridine rings is 2. The van der Waals surface area contributed by atoms with E-state index in [1.807, 2.05) is 25.1 Å². The van der Waals surface area contributed by atoms with Gasteiger partial charge in [0, 0.05) is 35.4 Å². The van der Waals surface area contributed by atoms with Crippen molar-refractivity contribution >= 4 is 34.1 Å². The van der Waals surface area contributed by atoms with Crippen LogP contribution < -0.4 is 26.8 Å². The van der Waals surface area contributed by atoms with Gasteiger partial charge in [-0.15, -0.1) is 0 Å². The van der Waals surface area contributed by atoms with E-state index in [1.54, 1.807) is 12.3 Å². The summed E-state index contributed by atoms with van der Waals surface area (Å²) in [7, 11) is 0. The number of ether oxygens (including phenoxy) is 1. The van der Waals surface area contributed by atoms with Gasteiger partial charge in [-0.3, -0.25) is 9.78 Å². The molecule has 33 heavy (non-hydrogen) atoms. The molecule has 1 saturated carbocycles. The van der Waals surface area contributed by atoms with Gasteiger partial charge in [0.15, 0.2) is 11.6 Å². The summed E-state index contributed by atoms with van der Waals surface area (Å²) in [5.74, 6) is -0.640. The zero-order valence-electron chi connectivity index (χ0n) is 18.6. The number of anilines is 3. The Labute approximate surface area is 191 Å². The number of nitrogens with two attached hydrogens (primary N) is 2. The SMILES string of the molecule is CCCOc1cc(Nc2nc(N[C@@H]3CCCC[C@@H]3N)c(F)cc2C(N)=O)cc2cccnc12. The van der Waals surface area contributed by atoms with Crippen molar-refractivity contribution in [2.75, 3.05) is 17.2 Å². The van der Waals surface area contributed by atoms with Gasteiger partial charge >= 0.3 is 0 Å². The summed E-state index contributed by atoms with van der Waals surface area (Å²) in [5.41, 5.74) is 13.0. The highest BCUT2D eigenvalue weighted by atomic mass is 19.1. The molecule has 0 unspecified atom stereocenters. The number of benzene rings is 1. The Morgan fingerprint density at radius 3 is 2.82 bits per heavy atom. The smallest absolute Gasteiger partial charge is 0.252 e. The molecule has 2 atom stereocenters. The van der Waals surface area contributed by atoms with Crippen molar-refractivity contribution in [3.8, 4) is 5.75 Å². The second kappa shape index (κ2) is 9.99. The summed E-state index contributed by atoms with van der Waals surface area (Å²) < 4.78 is 20.7. The number of carbonyl (C=O) groups is 1. The fourth-order valence-corrected chi connectivity index (χ4v) is 4.08. The first kappa shape index (κ1) is 22.7. The molecule has 174 valence electrons. The normalized spacial score (nSPS) is 18.2. The summed E-state index contributed by atoms with van der Waals surface area (Å²) in [6.45, 7) is 2.55. The third-order valence-electron chi connectivity index (χ3n) is 5.78. The van der Waals surface area contributed by atoms with Crippen LogP contribution in [0.5, 0.6) is 5.75 Å². The molecule has 1 aliphatic rings. The molecular weight excluding hydrogens is 423 g/mol. The molecule has 9 heteroatoms. The Bertz CT molecular complexity index is 1160. The number of carbonyl (C=O) groups excluding carboxylic acids is 1. The number of aromatic nitrogens is 2. The van der Waals surface area contributed by atoms with E-state index in [2.05, 4.69) is 20.6 Å². The molecule has 8 nitrogen and oxygen atoms in total. The predicted molar refractivity (Wildman–Crippen MR) is 127 cm³/mol. The molecule has 0 spiro atoms. The quantitative estimate of drug-likeness (QED) is 0.405. The molecule has 4 rings (SSSR count). The lowest BCUT2D eigenvalue weighted by Crippen LogP contribution is -2.43. The largest absolute Gasteiger partial charge is 0.491 e. The average Bonchev–Trinajstić information content (AvgIpc) is 2.80. The van der Waals surface area contributed by atoms with Gasteiger partial charge in [-0.1, -0.05) is 25.8 Å². The summed E-state index contributed by atoms with van der Waals surface area (Å²) in [6, 6.07) is 8.32. The zero-order valence-corrected chi connectivity index (χ0v) is 18.6. The number of primary amides is 1. The lowest BCUT2D eigenvalue weighted by molar-refractivity contribution is 0.100. The van der Waals surface area contributed by atoms with Gasteiger partial charge in [-0.25, -0.2) is 9.37 Å². The topological polar surface area (TPSA) is 128 Å². The Balaban J connectivity index is 1.70. The van der Waals surface area contributed by atoms with Crippen molar-refractivity contribution in [3.63, 3.8) is 0 Å². The highest BCUT2D eigenvalue weighted by molar-refractivity contribution is 5.99. The van der Waals surface area contributed by atoms with E-state index in [4.69, 9.17) is 16.2 Å². The molecule has 3 aromatic rings. The van der Waals surface area contributed by atoms with Crippen LogP contribution >= 0.6 is 0 Å². The second-order valence-corrected chi connectivity index (χ2v) is 8.30. The summed E-state index contributed by atoms with van der Waals surface area (Å²) in [5, 5.41) is 7.09. The van der Waals surface area contributed by atoms with Gasteiger partial charge in [0.25, 0.3) is 5.91 Å². The number of amides is 1. The van der Waals surface area contributed by atoms with Gasteiger partial charge in [0.1, 0.15) is 17.1 Å². The molecule has 0 saturated heterocycles. The van der Waals surface area contributed by atoms with Crippen LogP contribution in [0, 0.1) is 5.82 Å². The first-order valence-electron chi connectivity index (χ1n) is 11.3. The van der Waals surface area contributed by atoms with Crippen LogP contribution in [0.15, 0.2) is 36.5 Å². The predicted octanol–water partition coefficient (Wildman–Crippen LogP) is 4.08. The van der Waals surface area contributed by atoms with E-state index in [1.165, 1.54) is 0 Å². The monoisotopic (exact) mass is 452 g/mol. The molecule has 1 fully saturated rings. The van der Waals surface area contributed by atoms with Crippen LogP contribution in [0.2, 0.25) is 0 Å². The van der Waals surface area contributed by atoms with Crippen LogP contribution in [0.3, 0.4) is 0 Å². The molecule has 2 heterocycles. The van der Waals surface area contributed by atoms with Crippen LogP contribution in [-0.2, 0) is 0 Å². The van der Waals surface area contributed by atoms with Crippen molar-refractivity contribution in [1.82, 2.24) is 9.97 Å². The molecule has 6 N–H and O–H groups in total. The van der Waals surface area contributed by atoms with Crippen LogP contribution in [0.25, 0.3) is 10.9 Å².